The number of nitrogens with one attached hydrogen (secondary N) is 1. The fraction of sp³-hybridized carbons (Fsp3) is 0.389. The predicted molar refractivity (Wildman–Crippen MR) is 98.5 cm³/mol. The minimum atomic E-state index is -0.159. The number of thioether (sulfide) groups is 1. The van der Waals surface area contributed by atoms with E-state index in [0.29, 0.717) is 23.2 Å². The van der Waals surface area contributed by atoms with Crippen LogP contribution >= 0.6 is 11.8 Å². The second-order valence-electron chi connectivity index (χ2n) is 5.77. The number of anilines is 1. The molecular formula is C18H21N3O3S. The molecule has 1 atom stereocenters. The molecule has 0 radical (unpaired) electrons. The Bertz CT molecular complexity index is 817. The number of aryl methyl sites for hydroxylation is 1. The Morgan fingerprint density at radius 1 is 1.36 bits per heavy atom. The van der Waals surface area contributed by atoms with Crippen molar-refractivity contribution in [2.24, 2.45) is 0 Å². The van der Waals surface area contributed by atoms with E-state index in [9.17, 15) is 9.59 Å². The summed E-state index contributed by atoms with van der Waals surface area (Å²) in [5.41, 5.74) is 1.43. The van der Waals surface area contributed by atoms with Crippen LogP contribution in [0, 0.1) is 0 Å². The van der Waals surface area contributed by atoms with Gasteiger partial charge in [0.05, 0.1) is 12.6 Å². The highest BCUT2D eigenvalue weighted by Crippen LogP contribution is 2.32. The summed E-state index contributed by atoms with van der Waals surface area (Å²) in [5, 5.41) is 3.58. The molecule has 132 valence electrons. The number of hydrogen-bond donors (Lipinski definition) is 1. The fourth-order valence-electron chi connectivity index (χ4n) is 2.76. The highest BCUT2D eigenvalue weighted by Gasteiger charge is 2.27. The number of aromatic nitrogens is 2. The minimum absolute atomic E-state index is 0.0780. The van der Waals surface area contributed by atoms with E-state index < -0.39 is 0 Å². The smallest absolute Gasteiger partial charge is 0.254 e. The van der Waals surface area contributed by atoms with Gasteiger partial charge in [0.2, 0.25) is 5.91 Å². The van der Waals surface area contributed by atoms with Crippen molar-refractivity contribution in [3.05, 3.63) is 46.4 Å². The van der Waals surface area contributed by atoms with Crippen molar-refractivity contribution in [2.45, 2.75) is 37.9 Å². The molecule has 3 rings (SSSR count). The van der Waals surface area contributed by atoms with Crippen molar-refractivity contribution in [2.75, 3.05) is 17.7 Å². The van der Waals surface area contributed by atoms with Crippen LogP contribution in [0.2, 0.25) is 0 Å². The van der Waals surface area contributed by atoms with Crippen LogP contribution < -0.4 is 15.6 Å². The zero-order chi connectivity index (χ0) is 17.8. The van der Waals surface area contributed by atoms with E-state index in [2.05, 4.69) is 10.3 Å². The maximum Gasteiger partial charge on any atom is 0.254 e. The Morgan fingerprint density at radius 2 is 2.12 bits per heavy atom. The van der Waals surface area contributed by atoms with Crippen LogP contribution in [0.5, 0.6) is 5.75 Å². The molecule has 7 heteroatoms. The highest BCUT2D eigenvalue weighted by atomic mass is 32.2. The molecule has 1 aliphatic rings. The Morgan fingerprint density at radius 3 is 2.80 bits per heavy atom. The lowest BCUT2D eigenvalue weighted by atomic mass is 10.2. The Labute approximate surface area is 150 Å². The molecule has 0 fully saturated rings. The third-order valence-electron chi connectivity index (χ3n) is 3.98. The molecule has 6 nitrogen and oxygen atoms in total. The van der Waals surface area contributed by atoms with Gasteiger partial charge < -0.3 is 10.1 Å². The topological polar surface area (TPSA) is 73.2 Å². The predicted octanol–water partition coefficient (Wildman–Crippen LogP) is 2.88. The maximum absolute atomic E-state index is 12.3. The van der Waals surface area contributed by atoms with Crippen LogP contribution in [0.25, 0.3) is 0 Å². The Balaban J connectivity index is 1.66. The molecule has 0 spiro atoms. The van der Waals surface area contributed by atoms with Crippen LogP contribution in [0.3, 0.4) is 0 Å². The summed E-state index contributed by atoms with van der Waals surface area (Å²) in [6.07, 6.45) is 0.979. The van der Waals surface area contributed by atoms with E-state index >= 15 is 0 Å². The van der Waals surface area contributed by atoms with E-state index in [4.69, 9.17) is 4.74 Å². The summed E-state index contributed by atoms with van der Waals surface area (Å²) in [7, 11) is 0. The largest absolute Gasteiger partial charge is 0.494 e. The van der Waals surface area contributed by atoms with Crippen molar-refractivity contribution in [3.63, 3.8) is 0 Å². The molecule has 2 aromatic rings. The van der Waals surface area contributed by atoms with Gasteiger partial charge in [-0.05, 0) is 37.6 Å². The van der Waals surface area contributed by atoms with Crippen molar-refractivity contribution >= 4 is 23.4 Å². The highest BCUT2D eigenvalue weighted by molar-refractivity contribution is 7.99. The standard InChI is InChI=1S/C18H21N3O3S/c1-3-12-9-17(23)21-14(11-25-18(21)20-12)10-16(22)19-13-5-7-15(8-6-13)24-4-2/h5-9,14H,3-4,10-11H2,1-2H3,(H,19,22). The first-order chi connectivity index (χ1) is 12.1. The second-order valence-corrected chi connectivity index (χ2v) is 6.75. The summed E-state index contributed by atoms with van der Waals surface area (Å²) in [4.78, 5) is 29.1. The molecule has 1 aliphatic heterocycles. The van der Waals surface area contributed by atoms with Crippen LogP contribution in [-0.4, -0.2) is 27.8 Å². The molecule has 1 amide bonds. The van der Waals surface area contributed by atoms with Gasteiger partial charge in [0.1, 0.15) is 5.75 Å². The number of rotatable bonds is 6. The van der Waals surface area contributed by atoms with Gasteiger partial charge in [-0.15, -0.1) is 0 Å². The minimum Gasteiger partial charge on any atom is -0.494 e. The zero-order valence-electron chi connectivity index (χ0n) is 14.3. The number of amides is 1. The van der Waals surface area contributed by atoms with Crippen LogP contribution in [0.15, 0.2) is 40.3 Å². The fourth-order valence-corrected chi connectivity index (χ4v) is 3.93. The first-order valence-corrected chi connectivity index (χ1v) is 9.37. The molecule has 0 saturated heterocycles. The molecule has 1 aromatic carbocycles. The summed E-state index contributed by atoms with van der Waals surface area (Å²) in [5.74, 6) is 1.34. The number of nitrogens with zero attached hydrogens (tertiary/aromatic N) is 2. The van der Waals surface area contributed by atoms with Gasteiger partial charge in [-0.1, -0.05) is 18.7 Å². The quantitative estimate of drug-likeness (QED) is 0.803. The van der Waals surface area contributed by atoms with E-state index in [1.165, 1.54) is 11.8 Å². The number of ether oxygens (including phenoxy) is 1. The lowest BCUT2D eigenvalue weighted by Crippen LogP contribution is -2.27. The van der Waals surface area contributed by atoms with Gasteiger partial charge in [0, 0.05) is 29.6 Å². The van der Waals surface area contributed by atoms with E-state index in [0.717, 1.165) is 17.9 Å². The van der Waals surface area contributed by atoms with E-state index in [1.54, 1.807) is 10.6 Å². The number of benzene rings is 1. The number of carbonyl (C=O) groups excluding carboxylic acids is 1. The molecule has 1 aromatic heterocycles. The summed E-state index contributed by atoms with van der Waals surface area (Å²) < 4.78 is 7.02. The summed E-state index contributed by atoms with van der Waals surface area (Å²) >= 11 is 1.53. The zero-order valence-corrected chi connectivity index (χ0v) is 15.1. The van der Waals surface area contributed by atoms with Gasteiger partial charge >= 0.3 is 0 Å². The maximum atomic E-state index is 12.3. The third kappa shape index (κ3) is 4.04. The van der Waals surface area contributed by atoms with Crippen molar-refractivity contribution in [1.82, 2.24) is 9.55 Å². The molecule has 25 heavy (non-hydrogen) atoms. The lowest BCUT2D eigenvalue weighted by molar-refractivity contribution is -0.116. The van der Waals surface area contributed by atoms with Crippen molar-refractivity contribution in [3.8, 4) is 5.75 Å². The average molecular weight is 359 g/mol. The summed E-state index contributed by atoms with van der Waals surface area (Å²) in [6, 6.07) is 8.66. The number of carbonyl (C=O) groups is 1. The third-order valence-corrected chi connectivity index (χ3v) is 5.07. The molecule has 2 heterocycles. The van der Waals surface area contributed by atoms with Gasteiger partial charge in [-0.25, -0.2) is 4.98 Å². The van der Waals surface area contributed by atoms with Crippen molar-refractivity contribution in [1.29, 1.82) is 0 Å². The van der Waals surface area contributed by atoms with E-state index in [1.807, 2.05) is 38.1 Å². The average Bonchev–Trinajstić information content (AvgIpc) is 3.00. The monoisotopic (exact) mass is 359 g/mol. The van der Waals surface area contributed by atoms with Gasteiger partial charge in [0.15, 0.2) is 5.16 Å². The second kappa shape index (κ2) is 7.74. The molecule has 0 aliphatic carbocycles. The SMILES string of the molecule is CCOc1ccc(NC(=O)CC2CSc3nc(CC)cc(=O)n32)cc1. The molecular weight excluding hydrogens is 338 g/mol. The molecule has 0 bridgehead atoms. The molecule has 1 unspecified atom stereocenters. The Hall–Kier alpha value is -2.28. The van der Waals surface area contributed by atoms with Gasteiger partial charge in [-0.2, -0.15) is 0 Å². The van der Waals surface area contributed by atoms with Crippen LogP contribution in [0.4, 0.5) is 5.69 Å². The number of fused-ring (bicyclic) bond motifs is 1. The number of hydrogen-bond acceptors (Lipinski definition) is 5. The molecule has 0 saturated carbocycles. The first kappa shape index (κ1) is 17.5. The van der Waals surface area contributed by atoms with Crippen LogP contribution in [0.1, 0.15) is 32.0 Å². The normalized spacial score (nSPS) is 15.7. The van der Waals surface area contributed by atoms with Crippen LogP contribution in [-0.2, 0) is 11.2 Å². The summed E-state index contributed by atoms with van der Waals surface area (Å²) in [6.45, 7) is 4.50. The first-order valence-electron chi connectivity index (χ1n) is 8.38. The van der Waals surface area contributed by atoms with E-state index in [-0.39, 0.29) is 23.9 Å². The Kier molecular flexibility index (Phi) is 5.43. The lowest BCUT2D eigenvalue weighted by Gasteiger charge is -2.13. The molecule has 1 N–H and O–H groups in total. The van der Waals surface area contributed by atoms with Gasteiger partial charge in [0.25, 0.3) is 5.56 Å². The van der Waals surface area contributed by atoms with Crippen molar-refractivity contribution < 1.29 is 9.53 Å². The van der Waals surface area contributed by atoms with Gasteiger partial charge in [-0.3, -0.25) is 14.2 Å².